The Morgan fingerprint density at radius 3 is 2.56 bits per heavy atom. The number of benzene rings is 2. The molecule has 0 unspecified atom stereocenters. The molecule has 1 aliphatic heterocycles. The van der Waals surface area contributed by atoms with Gasteiger partial charge >= 0.3 is 0 Å². The fraction of sp³-hybridized carbons (Fsp3) is 0.316. The largest absolute Gasteiger partial charge is 0.331 e. The topological polar surface area (TPSA) is 55.2 Å². The van der Waals surface area contributed by atoms with Gasteiger partial charge < -0.3 is 4.57 Å². The molecule has 0 saturated carbocycles. The zero-order chi connectivity index (χ0) is 17.4. The van der Waals surface area contributed by atoms with E-state index in [-0.39, 0.29) is 11.7 Å². The molecule has 0 amide bonds. The van der Waals surface area contributed by atoms with Crippen LogP contribution in [-0.4, -0.2) is 35.4 Å². The van der Waals surface area contributed by atoms with Gasteiger partial charge in [0.25, 0.3) is 0 Å². The Balaban J connectivity index is 1.55. The van der Waals surface area contributed by atoms with Gasteiger partial charge in [-0.05, 0) is 24.1 Å². The summed E-state index contributed by atoms with van der Waals surface area (Å²) in [5.74, 6) is 1.17. The van der Waals surface area contributed by atoms with E-state index in [0.29, 0.717) is 13.1 Å². The minimum atomic E-state index is -3.30. The van der Waals surface area contributed by atoms with Crippen LogP contribution in [0.2, 0.25) is 0 Å². The maximum absolute atomic E-state index is 12.7. The first-order valence-corrected chi connectivity index (χ1v) is 10.1. The molecular weight excluding hydrogens is 334 g/mol. The van der Waals surface area contributed by atoms with E-state index in [1.165, 1.54) is 0 Å². The molecule has 0 N–H and O–H groups in total. The summed E-state index contributed by atoms with van der Waals surface area (Å²) in [6.45, 7) is 1.06. The maximum Gasteiger partial charge on any atom is 0.218 e. The van der Waals surface area contributed by atoms with E-state index in [1.54, 1.807) is 4.31 Å². The van der Waals surface area contributed by atoms with Crippen LogP contribution in [-0.2, 0) is 22.8 Å². The first kappa shape index (κ1) is 16.3. The van der Waals surface area contributed by atoms with Crippen LogP contribution in [0.1, 0.15) is 23.7 Å². The summed E-state index contributed by atoms with van der Waals surface area (Å²) in [6.07, 6.45) is 0.811. The van der Waals surface area contributed by atoms with Gasteiger partial charge in [-0.3, -0.25) is 0 Å². The molecule has 25 heavy (non-hydrogen) atoms. The number of rotatable bonds is 4. The Morgan fingerprint density at radius 1 is 1.08 bits per heavy atom. The lowest BCUT2D eigenvalue weighted by Gasteiger charge is -2.16. The van der Waals surface area contributed by atoms with Gasteiger partial charge in [0.1, 0.15) is 5.82 Å². The smallest absolute Gasteiger partial charge is 0.218 e. The lowest BCUT2D eigenvalue weighted by molar-refractivity contribution is 0.469. The number of aryl methyl sites for hydroxylation is 1. The van der Waals surface area contributed by atoms with Crippen molar-refractivity contribution in [3.63, 3.8) is 0 Å². The van der Waals surface area contributed by atoms with Gasteiger partial charge in [0.15, 0.2) is 0 Å². The molecule has 6 heteroatoms. The quantitative estimate of drug-likeness (QED) is 0.723. The fourth-order valence-corrected chi connectivity index (χ4v) is 5.18. The van der Waals surface area contributed by atoms with Gasteiger partial charge in [0, 0.05) is 26.1 Å². The highest BCUT2D eigenvalue weighted by Crippen LogP contribution is 2.31. The van der Waals surface area contributed by atoms with E-state index >= 15 is 0 Å². The SMILES string of the molecule is Cn1c([C@H]2CCN(S(=O)(=O)Cc3ccccc3)C2)nc2ccccc21. The molecule has 0 aliphatic carbocycles. The molecule has 130 valence electrons. The highest BCUT2D eigenvalue weighted by molar-refractivity contribution is 7.88. The van der Waals surface area contributed by atoms with Gasteiger partial charge in [-0.15, -0.1) is 0 Å². The minimum Gasteiger partial charge on any atom is -0.331 e. The first-order chi connectivity index (χ1) is 12.0. The molecule has 2 aromatic carbocycles. The van der Waals surface area contributed by atoms with Gasteiger partial charge in [-0.2, -0.15) is 0 Å². The van der Waals surface area contributed by atoms with E-state index in [9.17, 15) is 8.42 Å². The highest BCUT2D eigenvalue weighted by Gasteiger charge is 2.34. The molecule has 0 bridgehead atoms. The lowest BCUT2D eigenvalue weighted by atomic mass is 10.1. The fourth-order valence-electron chi connectivity index (χ4n) is 3.60. The van der Waals surface area contributed by atoms with E-state index in [2.05, 4.69) is 4.57 Å². The molecule has 3 aromatic rings. The van der Waals surface area contributed by atoms with Crippen molar-refractivity contribution >= 4 is 21.1 Å². The third-order valence-electron chi connectivity index (χ3n) is 4.92. The predicted octanol–water partition coefficient (Wildman–Crippen LogP) is 2.89. The number of sulfonamides is 1. The van der Waals surface area contributed by atoms with E-state index in [1.807, 2.05) is 61.6 Å². The van der Waals surface area contributed by atoms with Gasteiger partial charge in [-0.1, -0.05) is 42.5 Å². The van der Waals surface area contributed by atoms with Crippen molar-refractivity contribution in [2.75, 3.05) is 13.1 Å². The van der Waals surface area contributed by atoms with Crippen LogP contribution in [0.4, 0.5) is 0 Å². The zero-order valence-electron chi connectivity index (χ0n) is 14.2. The van der Waals surface area contributed by atoms with Crippen LogP contribution in [0.15, 0.2) is 54.6 Å². The average molecular weight is 355 g/mol. The van der Waals surface area contributed by atoms with Gasteiger partial charge in [0.2, 0.25) is 10.0 Å². The summed E-state index contributed by atoms with van der Waals surface area (Å²) in [5, 5.41) is 0. The zero-order valence-corrected chi connectivity index (χ0v) is 15.0. The summed E-state index contributed by atoms with van der Waals surface area (Å²) < 4.78 is 29.2. The predicted molar refractivity (Wildman–Crippen MR) is 98.7 cm³/mol. The third-order valence-corrected chi connectivity index (χ3v) is 6.74. The second-order valence-electron chi connectivity index (χ2n) is 6.60. The van der Waals surface area contributed by atoms with Crippen LogP contribution < -0.4 is 0 Å². The summed E-state index contributed by atoms with van der Waals surface area (Å²) >= 11 is 0. The van der Waals surface area contributed by atoms with Crippen LogP contribution in [0.25, 0.3) is 11.0 Å². The summed E-state index contributed by atoms with van der Waals surface area (Å²) in [6, 6.07) is 17.4. The normalized spacial score (nSPS) is 18.8. The number of fused-ring (bicyclic) bond motifs is 1. The van der Waals surface area contributed by atoms with Crippen LogP contribution in [0, 0.1) is 0 Å². The lowest BCUT2D eigenvalue weighted by Crippen LogP contribution is -2.30. The van der Waals surface area contributed by atoms with Crippen LogP contribution >= 0.6 is 0 Å². The molecule has 4 rings (SSSR count). The second kappa shape index (κ2) is 6.28. The number of hydrogen-bond acceptors (Lipinski definition) is 3. The molecule has 2 heterocycles. The van der Waals surface area contributed by atoms with Crippen LogP contribution in [0.5, 0.6) is 0 Å². The van der Waals surface area contributed by atoms with Gasteiger partial charge in [0.05, 0.1) is 16.8 Å². The minimum absolute atomic E-state index is 0.0586. The molecule has 1 fully saturated rings. The molecular formula is C19H21N3O2S. The third kappa shape index (κ3) is 3.07. The molecule has 1 saturated heterocycles. The number of nitrogens with zero attached hydrogens (tertiary/aromatic N) is 3. The standard InChI is InChI=1S/C19H21N3O2S/c1-21-18-10-6-5-9-17(18)20-19(21)16-11-12-22(13-16)25(23,24)14-15-7-3-2-4-8-15/h2-10,16H,11-14H2,1H3/t16-/m0/s1. The number of hydrogen-bond donors (Lipinski definition) is 0. The monoisotopic (exact) mass is 355 g/mol. The number of para-hydroxylation sites is 2. The molecule has 5 nitrogen and oxygen atoms in total. The molecule has 1 aliphatic rings. The Morgan fingerprint density at radius 2 is 1.80 bits per heavy atom. The number of aromatic nitrogens is 2. The number of imidazole rings is 1. The molecule has 1 aromatic heterocycles. The average Bonchev–Trinajstić information content (AvgIpc) is 3.21. The first-order valence-electron chi connectivity index (χ1n) is 8.48. The van der Waals surface area contributed by atoms with Crippen LogP contribution in [0.3, 0.4) is 0 Å². The van der Waals surface area contributed by atoms with Crippen molar-refractivity contribution in [2.45, 2.75) is 18.1 Å². The van der Waals surface area contributed by atoms with Crippen molar-refractivity contribution in [1.29, 1.82) is 0 Å². The van der Waals surface area contributed by atoms with Crippen molar-refractivity contribution in [3.8, 4) is 0 Å². The Bertz CT molecular complexity index is 996. The summed E-state index contributed by atoms with van der Waals surface area (Å²) in [4.78, 5) is 4.74. The molecule has 0 spiro atoms. The Kier molecular flexibility index (Phi) is 4.09. The van der Waals surface area contributed by atoms with E-state index in [0.717, 1.165) is 28.8 Å². The summed E-state index contributed by atoms with van der Waals surface area (Å²) in [7, 11) is -1.29. The van der Waals surface area contributed by atoms with Crippen molar-refractivity contribution in [3.05, 3.63) is 66.0 Å². The Hall–Kier alpha value is -2.18. The second-order valence-corrected chi connectivity index (χ2v) is 8.57. The molecule has 1 atom stereocenters. The summed E-state index contributed by atoms with van der Waals surface area (Å²) in [5.41, 5.74) is 2.88. The van der Waals surface area contributed by atoms with E-state index < -0.39 is 10.0 Å². The molecule has 0 radical (unpaired) electrons. The van der Waals surface area contributed by atoms with E-state index in [4.69, 9.17) is 4.98 Å². The van der Waals surface area contributed by atoms with Crippen molar-refractivity contribution in [2.24, 2.45) is 7.05 Å². The van der Waals surface area contributed by atoms with Crippen molar-refractivity contribution in [1.82, 2.24) is 13.9 Å². The van der Waals surface area contributed by atoms with Gasteiger partial charge in [-0.25, -0.2) is 17.7 Å². The van der Waals surface area contributed by atoms with Crippen molar-refractivity contribution < 1.29 is 8.42 Å². The highest BCUT2D eigenvalue weighted by atomic mass is 32.2. The maximum atomic E-state index is 12.7. The Labute approximate surface area is 148 Å².